The van der Waals surface area contributed by atoms with Crippen molar-refractivity contribution in [2.45, 2.75) is 50.9 Å². The minimum Gasteiger partial charge on any atom is -0.406 e. The van der Waals surface area contributed by atoms with E-state index in [0.717, 1.165) is 54.4 Å². The van der Waals surface area contributed by atoms with E-state index in [-0.39, 0.29) is 17.8 Å². The molecular weight excluding hydrogens is 589 g/mol. The number of amidine groups is 1. The first-order chi connectivity index (χ1) is 21.3. The van der Waals surface area contributed by atoms with E-state index in [1.54, 1.807) is 11.8 Å². The normalized spacial score (nSPS) is 19.5. The quantitative estimate of drug-likeness (QED) is 0.233. The van der Waals surface area contributed by atoms with E-state index >= 15 is 0 Å². The first-order valence-corrected chi connectivity index (χ1v) is 15.5. The van der Waals surface area contributed by atoms with Crippen molar-refractivity contribution in [2.24, 2.45) is 4.99 Å². The molecule has 12 heteroatoms. The SMILES string of the molecule is CCc1ccccc1N1CCS/C1=N\C(=O)NC1CCC(c2ccc(-c3ncn(-c4ccc(OC(F)(F)F)cc4)n3)cc2)C1. The number of aromatic nitrogens is 3. The molecule has 1 aromatic heterocycles. The molecule has 2 heterocycles. The van der Waals surface area contributed by atoms with Crippen molar-refractivity contribution < 1.29 is 22.7 Å². The highest BCUT2D eigenvalue weighted by atomic mass is 32.2. The third kappa shape index (κ3) is 6.91. The molecule has 2 unspecified atom stereocenters. The Kier molecular flexibility index (Phi) is 8.60. The van der Waals surface area contributed by atoms with E-state index in [0.29, 0.717) is 17.4 Å². The Morgan fingerprint density at radius 3 is 2.59 bits per heavy atom. The second-order valence-electron chi connectivity index (χ2n) is 10.7. The van der Waals surface area contributed by atoms with Gasteiger partial charge < -0.3 is 15.0 Å². The average Bonchev–Trinajstić information content (AvgIpc) is 3.79. The van der Waals surface area contributed by atoms with Gasteiger partial charge in [-0.2, -0.15) is 4.99 Å². The van der Waals surface area contributed by atoms with Crippen LogP contribution in [0.1, 0.15) is 43.2 Å². The van der Waals surface area contributed by atoms with E-state index in [9.17, 15) is 18.0 Å². The van der Waals surface area contributed by atoms with Crippen LogP contribution in [0.25, 0.3) is 17.1 Å². The van der Waals surface area contributed by atoms with Crippen LogP contribution in [0.4, 0.5) is 23.7 Å². The van der Waals surface area contributed by atoms with Crippen LogP contribution in [0.5, 0.6) is 5.75 Å². The second-order valence-corrected chi connectivity index (χ2v) is 11.8. The van der Waals surface area contributed by atoms with Crippen molar-refractivity contribution in [3.63, 3.8) is 0 Å². The molecule has 4 aromatic rings. The number of aliphatic imine (C=N–C) groups is 1. The summed E-state index contributed by atoms with van der Waals surface area (Å²) in [5.41, 5.74) is 4.93. The Hall–Kier alpha value is -4.32. The fraction of sp³-hybridized carbons (Fsp3) is 0.312. The Bertz CT molecular complexity index is 1640. The summed E-state index contributed by atoms with van der Waals surface area (Å²) in [6, 6.07) is 21.5. The highest BCUT2D eigenvalue weighted by molar-refractivity contribution is 8.14. The molecule has 2 fully saturated rings. The van der Waals surface area contributed by atoms with Crippen LogP contribution in [0.2, 0.25) is 0 Å². The predicted molar refractivity (Wildman–Crippen MR) is 165 cm³/mol. The van der Waals surface area contributed by atoms with Crippen LogP contribution in [0.3, 0.4) is 0 Å². The van der Waals surface area contributed by atoms with Crippen LogP contribution in [0, 0.1) is 0 Å². The molecule has 1 saturated heterocycles. The van der Waals surface area contributed by atoms with Crippen molar-refractivity contribution in [2.75, 3.05) is 17.2 Å². The molecule has 1 aliphatic heterocycles. The van der Waals surface area contributed by atoms with Gasteiger partial charge in [-0.15, -0.1) is 18.3 Å². The van der Waals surface area contributed by atoms with E-state index in [1.165, 1.54) is 46.4 Å². The Balaban J connectivity index is 1.05. The topological polar surface area (TPSA) is 84.6 Å². The molecule has 3 aromatic carbocycles. The van der Waals surface area contributed by atoms with Crippen LogP contribution in [0.15, 0.2) is 84.1 Å². The molecule has 44 heavy (non-hydrogen) atoms. The monoisotopic (exact) mass is 620 g/mol. The molecule has 1 N–H and O–H groups in total. The number of hydrogen-bond acceptors (Lipinski definition) is 5. The van der Waals surface area contributed by atoms with Gasteiger partial charge in [-0.05, 0) is 73.1 Å². The van der Waals surface area contributed by atoms with Crippen molar-refractivity contribution in [3.05, 3.63) is 90.3 Å². The molecule has 6 rings (SSSR count). The van der Waals surface area contributed by atoms with Crippen molar-refractivity contribution in [1.29, 1.82) is 0 Å². The third-order valence-electron chi connectivity index (χ3n) is 7.86. The summed E-state index contributed by atoms with van der Waals surface area (Å²) in [5.74, 6) is 1.42. The van der Waals surface area contributed by atoms with E-state index in [1.807, 2.05) is 24.3 Å². The number of carbonyl (C=O) groups is 1. The number of benzene rings is 3. The lowest BCUT2D eigenvalue weighted by Gasteiger charge is -2.21. The van der Waals surface area contributed by atoms with Crippen molar-refractivity contribution in [1.82, 2.24) is 20.1 Å². The summed E-state index contributed by atoms with van der Waals surface area (Å²) < 4.78 is 42.7. The number of halogens is 3. The highest BCUT2D eigenvalue weighted by Crippen LogP contribution is 2.35. The van der Waals surface area contributed by atoms with Gasteiger partial charge in [0.1, 0.15) is 12.1 Å². The van der Waals surface area contributed by atoms with Crippen LogP contribution in [-0.2, 0) is 6.42 Å². The Morgan fingerprint density at radius 1 is 1.07 bits per heavy atom. The number of anilines is 1. The Labute approximate surface area is 257 Å². The zero-order chi connectivity index (χ0) is 30.7. The van der Waals surface area contributed by atoms with Crippen LogP contribution < -0.4 is 15.0 Å². The summed E-state index contributed by atoms with van der Waals surface area (Å²) in [6.45, 7) is 2.96. The smallest absolute Gasteiger partial charge is 0.406 e. The summed E-state index contributed by atoms with van der Waals surface area (Å²) >= 11 is 1.61. The molecule has 1 aliphatic carbocycles. The second kappa shape index (κ2) is 12.7. The predicted octanol–water partition coefficient (Wildman–Crippen LogP) is 7.35. The lowest BCUT2D eigenvalue weighted by Crippen LogP contribution is -2.33. The van der Waals surface area contributed by atoms with Crippen molar-refractivity contribution in [3.8, 4) is 22.8 Å². The lowest BCUT2D eigenvalue weighted by atomic mass is 9.96. The van der Waals surface area contributed by atoms with Crippen molar-refractivity contribution >= 4 is 28.6 Å². The number of nitrogens with zero attached hydrogens (tertiary/aromatic N) is 5. The summed E-state index contributed by atoms with van der Waals surface area (Å²) in [6.07, 6.45) is 0.385. The number of rotatable bonds is 7. The first kappa shape index (κ1) is 29.7. The molecule has 0 radical (unpaired) electrons. The summed E-state index contributed by atoms with van der Waals surface area (Å²) in [5, 5.41) is 8.35. The maximum absolute atomic E-state index is 12.9. The van der Waals surface area contributed by atoms with Gasteiger partial charge in [0.05, 0.1) is 5.69 Å². The lowest BCUT2D eigenvalue weighted by molar-refractivity contribution is -0.274. The van der Waals surface area contributed by atoms with Gasteiger partial charge in [0.2, 0.25) is 0 Å². The standard InChI is InChI=1S/C32H31F3N6O2S/c1-2-21-5-3-4-6-28(21)40-17-18-44-31(40)38-30(42)37-25-12-11-24(19-25)22-7-9-23(10-8-22)29-36-20-41(39-29)26-13-15-27(16-14-26)43-32(33,34)35/h3-10,13-16,20,24-25H,2,11-12,17-19H2,1H3,(H,37,42)/b38-31-. The third-order valence-corrected chi connectivity index (χ3v) is 8.82. The molecule has 2 atom stereocenters. The maximum atomic E-state index is 12.9. The average molecular weight is 621 g/mol. The number of thioether (sulfide) groups is 1. The molecule has 2 amide bonds. The molecule has 8 nitrogen and oxygen atoms in total. The van der Waals surface area contributed by atoms with Crippen LogP contribution in [-0.4, -0.2) is 50.7 Å². The minimum atomic E-state index is -4.74. The number of nitrogens with one attached hydrogen (secondary N) is 1. The van der Waals surface area contributed by atoms with Crippen LogP contribution >= 0.6 is 11.8 Å². The largest absolute Gasteiger partial charge is 0.573 e. The number of carbonyl (C=O) groups excluding carboxylic acids is 1. The van der Waals surface area contributed by atoms with Gasteiger partial charge in [-0.3, -0.25) is 0 Å². The zero-order valence-corrected chi connectivity index (χ0v) is 24.8. The fourth-order valence-electron chi connectivity index (χ4n) is 5.72. The fourth-order valence-corrected chi connectivity index (χ4v) is 6.67. The number of hydrogen-bond donors (Lipinski definition) is 1. The summed E-state index contributed by atoms with van der Waals surface area (Å²) in [4.78, 5) is 23.9. The van der Waals surface area contributed by atoms with Gasteiger partial charge >= 0.3 is 12.4 Å². The van der Waals surface area contributed by atoms with E-state index in [2.05, 4.69) is 61.2 Å². The molecule has 1 saturated carbocycles. The van der Waals surface area contributed by atoms with Gasteiger partial charge in [0.15, 0.2) is 11.0 Å². The van der Waals surface area contributed by atoms with Gasteiger partial charge in [0, 0.05) is 29.6 Å². The number of para-hydroxylation sites is 1. The minimum absolute atomic E-state index is 0.0598. The Morgan fingerprint density at radius 2 is 1.84 bits per heavy atom. The zero-order valence-electron chi connectivity index (χ0n) is 24.0. The number of amides is 2. The van der Waals surface area contributed by atoms with Gasteiger partial charge in [-0.25, -0.2) is 14.5 Å². The van der Waals surface area contributed by atoms with E-state index < -0.39 is 6.36 Å². The molecular formula is C32H31F3N6O2S. The maximum Gasteiger partial charge on any atom is 0.573 e. The molecule has 0 spiro atoms. The first-order valence-electron chi connectivity index (χ1n) is 14.5. The van der Waals surface area contributed by atoms with Gasteiger partial charge in [0.25, 0.3) is 0 Å². The molecule has 228 valence electrons. The number of aryl methyl sites for hydroxylation is 1. The summed E-state index contributed by atoms with van der Waals surface area (Å²) in [7, 11) is 0. The number of alkyl halides is 3. The number of urea groups is 1. The molecule has 2 aliphatic rings. The molecule has 0 bridgehead atoms. The van der Waals surface area contributed by atoms with Gasteiger partial charge in [-0.1, -0.05) is 61.2 Å². The van der Waals surface area contributed by atoms with E-state index in [4.69, 9.17) is 0 Å². The number of ether oxygens (including phenoxy) is 1. The highest BCUT2D eigenvalue weighted by Gasteiger charge is 2.31.